The van der Waals surface area contributed by atoms with Crippen LogP contribution in [0.15, 0.2) is 20.3 Å². The van der Waals surface area contributed by atoms with Crippen LogP contribution in [0.5, 0.6) is 0 Å². The van der Waals surface area contributed by atoms with Crippen LogP contribution >= 0.6 is 15.9 Å². The highest BCUT2D eigenvalue weighted by Gasteiger charge is 2.26. The van der Waals surface area contributed by atoms with Gasteiger partial charge in [0.05, 0.1) is 10.7 Å². The molecule has 0 saturated carbocycles. The Balaban J connectivity index is 2.21. The largest absolute Gasteiger partial charge is 0.328 e. The third-order valence-corrected chi connectivity index (χ3v) is 5.25. The molecule has 9 heteroatoms. The second-order valence-corrected chi connectivity index (χ2v) is 7.82. The van der Waals surface area contributed by atoms with Gasteiger partial charge in [-0.2, -0.15) is 0 Å². The van der Waals surface area contributed by atoms with Gasteiger partial charge in [-0.15, -0.1) is 0 Å². The molecule has 2 heterocycles. The number of rotatable bonds is 3. The average molecular weight is 366 g/mol. The number of sulfonamides is 1. The molecule has 0 spiro atoms. The molecule has 1 unspecified atom stereocenters. The number of nitrogens with one attached hydrogen (secondary N) is 1. The number of halogens is 1. The molecular formula is C11H16BrN3O4S. The average Bonchev–Trinajstić information content (AvgIpc) is 2.39. The van der Waals surface area contributed by atoms with Crippen LogP contribution < -0.4 is 11.2 Å². The fourth-order valence-corrected chi connectivity index (χ4v) is 3.66. The molecule has 0 radical (unpaired) electrons. The molecule has 1 aromatic heterocycles. The van der Waals surface area contributed by atoms with E-state index in [1.807, 2.05) is 0 Å². The highest BCUT2D eigenvalue weighted by molar-refractivity contribution is 9.10. The van der Waals surface area contributed by atoms with E-state index >= 15 is 0 Å². The molecule has 0 bridgehead atoms. The number of nitrogens with zero attached hydrogens (tertiary/aromatic N) is 2. The topological polar surface area (TPSA) is 92.2 Å². The van der Waals surface area contributed by atoms with Gasteiger partial charge in [0.25, 0.3) is 5.56 Å². The quantitative estimate of drug-likeness (QED) is 0.813. The first-order valence-corrected chi connectivity index (χ1v) is 8.86. The van der Waals surface area contributed by atoms with Gasteiger partial charge in [-0.05, 0) is 34.7 Å². The minimum absolute atomic E-state index is 0.0356. The monoisotopic (exact) mass is 365 g/mol. The lowest BCUT2D eigenvalue weighted by molar-refractivity contribution is 0.242. The molecule has 1 aliphatic rings. The van der Waals surface area contributed by atoms with Gasteiger partial charge in [-0.1, -0.05) is 0 Å². The Kier molecular flexibility index (Phi) is 4.50. The van der Waals surface area contributed by atoms with Crippen molar-refractivity contribution < 1.29 is 8.42 Å². The highest BCUT2D eigenvalue weighted by atomic mass is 79.9. The molecular weight excluding hydrogens is 350 g/mol. The molecule has 1 atom stereocenters. The number of piperidine rings is 1. The second kappa shape index (κ2) is 5.82. The number of hydrogen-bond acceptors (Lipinski definition) is 4. The smallest absolute Gasteiger partial charge is 0.313 e. The first-order chi connectivity index (χ1) is 9.29. The Hall–Kier alpha value is -0.930. The van der Waals surface area contributed by atoms with Crippen molar-refractivity contribution in [3.63, 3.8) is 0 Å². The predicted octanol–water partition coefficient (Wildman–Crippen LogP) is -0.0293. The molecule has 112 valence electrons. The first kappa shape index (κ1) is 15.5. The highest BCUT2D eigenvalue weighted by Crippen LogP contribution is 2.19. The van der Waals surface area contributed by atoms with Gasteiger partial charge in [-0.25, -0.2) is 17.5 Å². The Morgan fingerprint density at radius 3 is 2.80 bits per heavy atom. The maximum atomic E-state index is 11.9. The number of hydrogen-bond donors (Lipinski definition) is 1. The van der Waals surface area contributed by atoms with Gasteiger partial charge in [0.15, 0.2) is 0 Å². The van der Waals surface area contributed by atoms with Crippen molar-refractivity contribution in [2.24, 2.45) is 5.92 Å². The van der Waals surface area contributed by atoms with E-state index in [0.29, 0.717) is 13.1 Å². The summed E-state index contributed by atoms with van der Waals surface area (Å²) in [5.74, 6) is -0.0356. The number of aromatic nitrogens is 2. The van der Waals surface area contributed by atoms with Gasteiger partial charge >= 0.3 is 5.69 Å². The molecule has 0 aliphatic carbocycles. The number of H-pyrrole nitrogens is 1. The molecule has 7 nitrogen and oxygen atoms in total. The van der Waals surface area contributed by atoms with Gasteiger partial charge in [0, 0.05) is 25.8 Å². The molecule has 20 heavy (non-hydrogen) atoms. The second-order valence-electron chi connectivity index (χ2n) is 4.99. The van der Waals surface area contributed by atoms with E-state index < -0.39 is 21.3 Å². The van der Waals surface area contributed by atoms with Gasteiger partial charge < -0.3 is 4.98 Å². The van der Waals surface area contributed by atoms with Crippen LogP contribution in [0.1, 0.15) is 12.8 Å². The summed E-state index contributed by atoms with van der Waals surface area (Å²) in [6.07, 6.45) is 4.01. The van der Waals surface area contributed by atoms with Crippen LogP contribution in [0.3, 0.4) is 0 Å². The maximum absolute atomic E-state index is 11.9. The SMILES string of the molecule is CS(=O)(=O)N1CCCC(Cn2c(=O)[nH]cc(Br)c2=O)C1. The summed E-state index contributed by atoms with van der Waals surface area (Å²) in [7, 11) is -3.23. The van der Waals surface area contributed by atoms with Crippen molar-refractivity contribution in [1.82, 2.24) is 13.9 Å². The fourth-order valence-electron chi connectivity index (χ4n) is 2.39. The third kappa shape index (κ3) is 3.39. The minimum atomic E-state index is -3.23. The van der Waals surface area contributed by atoms with Gasteiger partial charge in [0.2, 0.25) is 10.0 Å². The maximum Gasteiger partial charge on any atom is 0.328 e. The Bertz CT molecular complexity index is 709. The summed E-state index contributed by atoms with van der Waals surface area (Å²) in [4.78, 5) is 26.1. The summed E-state index contributed by atoms with van der Waals surface area (Å²) >= 11 is 3.08. The molecule has 1 aliphatic heterocycles. The van der Waals surface area contributed by atoms with Crippen molar-refractivity contribution in [3.8, 4) is 0 Å². The summed E-state index contributed by atoms with van der Waals surface area (Å²) < 4.78 is 25.9. The molecule has 1 aromatic rings. The lowest BCUT2D eigenvalue weighted by Gasteiger charge is -2.30. The zero-order chi connectivity index (χ0) is 14.9. The summed E-state index contributed by atoms with van der Waals surface area (Å²) in [5, 5.41) is 0. The van der Waals surface area contributed by atoms with E-state index in [4.69, 9.17) is 0 Å². The van der Waals surface area contributed by atoms with Crippen molar-refractivity contribution >= 4 is 26.0 Å². The van der Waals surface area contributed by atoms with Gasteiger partial charge in [0.1, 0.15) is 0 Å². The molecule has 0 amide bonds. The van der Waals surface area contributed by atoms with E-state index in [2.05, 4.69) is 20.9 Å². The standard InChI is InChI=1S/C11H16BrN3O4S/c1-20(18,19)14-4-2-3-8(6-14)7-15-10(16)9(12)5-13-11(15)17/h5,8H,2-4,6-7H2,1H3,(H,13,17). The van der Waals surface area contributed by atoms with Crippen LogP contribution in [0.25, 0.3) is 0 Å². The van der Waals surface area contributed by atoms with Crippen LogP contribution in [0.4, 0.5) is 0 Å². The zero-order valence-electron chi connectivity index (χ0n) is 11.0. The summed E-state index contributed by atoms with van der Waals surface area (Å²) in [5.41, 5.74) is -0.875. The van der Waals surface area contributed by atoms with Crippen LogP contribution in [-0.4, -0.2) is 41.6 Å². The number of aromatic amines is 1. The van der Waals surface area contributed by atoms with Crippen LogP contribution in [0.2, 0.25) is 0 Å². The van der Waals surface area contributed by atoms with Crippen molar-refractivity contribution in [3.05, 3.63) is 31.5 Å². The third-order valence-electron chi connectivity index (χ3n) is 3.41. The van der Waals surface area contributed by atoms with Crippen molar-refractivity contribution in [1.29, 1.82) is 0 Å². The van der Waals surface area contributed by atoms with Crippen molar-refractivity contribution in [2.45, 2.75) is 19.4 Å². The fraction of sp³-hybridized carbons (Fsp3) is 0.636. The van der Waals surface area contributed by atoms with Crippen molar-refractivity contribution in [2.75, 3.05) is 19.3 Å². The van der Waals surface area contributed by atoms with E-state index in [1.54, 1.807) is 0 Å². The Morgan fingerprint density at radius 1 is 1.45 bits per heavy atom. The Morgan fingerprint density at radius 2 is 2.15 bits per heavy atom. The molecule has 0 aromatic carbocycles. The molecule has 1 saturated heterocycles. The first-order valence-electron chi connectivity index (χ1n) is 6.22. The van der Waals surface area contributed by atoms with E-state index in [9.17, 15) is 18.0 Å². The molecule has 1 N–H and O–H groups in total. The zero-order valence-corrected chi connectivity index (χ0v) is 13.4. The van der Waals surface area contributed by atoms with Crippen LogP contribution in [-0.2, 0) is 16.6 Å². The summed E-state index contributed by atoms with van der Waals surface area (Å²) in [6, 6.07) is 0. The Labute approximate surface area is 124 Å². The van der Waals surface area contributed by atoms with Crippen LogP contribution in [0, 0.1) is 5.92 Å². The normalized spacial score (nSPS) is 21.0. The summed E-state index contributed by atoms with van der Waals surface area (Å²) in [6.45, 7) is 1.07. The van der Waals surface area contributed by atoms with Gasteiger partial charge in [-0.3, -0.25) is 9.36 Å². The van der Waals surface area contributed by atoms with E-state index in [0.717, 1.165) is 17.4 Å². The lowest BCUT2D eigenvalue weighted by atomic mass is 10.00. The van der Waals surface area contributed by atoms with E-state index in [-0.39, 0.29) is 16.9 Å². The molecule has 1 fully saturated rings. The molecule has 2 rings (SSSR count). The van der Waals surface area contributed by atoms with E-state index in [1.165, 1.54) is 16.8 Å². The lowest BCUT2D eigenvalue weighted by Crippen LogP contribution is -2.44. The minimum Gasteiger partial charge on any atom is -0.313 e. The predicted molar refractivity (Wildman–Crippen MR) is 78.2 cm³/mol.